The predicted molar refractivity (Wildman–Crippen MR) is 113 cm³/mol. The van der Waals surface area contributed by atoms with Crippen LogP contribution in [0.25, 0.3) is 0 Å². The van der Waals surface area contributed by atoms with Crippen molar-refractivity contribution in [3.63, 3.8) is 0 Å². The number of halogens is 2. The molecule has 0 spiro atoms. The minimum atomic E-state index is -1.34. The summed E-state index contributed by atoms with van der Waals surface area (Å²) in [6, 6.07) is 14.9. The first-order chi connectivity index (χ1) is 14.5. The lowest BCUT2D eigenvalue weighted by atomic mass is 9.85. The number of hydrogen-bond acceptors (Lipinski definition) is 4. The second-order valence-electron chi connectivity index (χ2n) is 8.74. The van der Waals surface area contributed by atoms with Crippen LogP contribution < -0.4 is 0 Å². The van der Waals surface area contributed by atoms with Crippen LogP contribution in [-0.2, 0) is 11.3 Å². The molecule has 0 radical (unpaired) electrons. The van der Waals surface area contributed by atoms with Crippen LogP contribution in [0.15, 0.2) is 53.7 Å². The van der Waals surface area contributed by atoms with Gasteiger partial charge in [0.1, 0.15) is 11.7 Å². The van der Waals surface area contributed by atoms with Gasteiger partial charge in [0.15, 0.2) is 11.8 Å². The molecule has 3 heterocycles. The maximum atomic E-state index is 15.6. The van der Waals surface area contributed by atoms with Crippen molar-refractivity contribution < 1.29 is 13.6 Å². The molecule has 30 heavy (non-hydrogen) atoms. The SMILES string of the molecule is CN1CCC(F)(C2CC(N3CCc4ccccc4[C@@H]3c3ccc(F)cc3)=NO2)CC1. The Kier molecular flexibility index (Phi) is 4.97. The molecule has 4 nitrogen and oxygen atoms in total. The van der Waals surface area contributed by atoms with Crippen molar-refractivity contribution in [1.82, 2.24) is 9.80 Å². The molecule has 1 fully saturated rings. The zero-order chi connectivity index (χ0) is 20.7. The molecule has 0 aromatic heterocycles. The molecule has 1 unspecified atom stereocenters. The maximum Gasteiger partial charge on any atom is 0.168 e. The number of alkyl halides is 1. The number of amidine groups is 1. The van der Waals surface area contributed by atoms with Crippen molar-refractivity contribution in [3.05, 3.63) is 71.0 Å². The summed E-state index contributed by atoms with van der Waals surface area (Å²) in [4.78, 5) is 10.1. The van der Waals surface area contributed by atoms with E-state index in [2.05, 4.69) is 33.2 Å². The lowest BCUT2D eigenvalue weighted by Gasteiger charge is -2.39. The van der Waals surface area contributed by atoms with E-state index in [0.717, 1.165) is 37.5 Å². The Morgan fingerprint density at radius 2 is 1.77 bits per heavy atom. The summed E-state index contributed by atoms with van der Waals surface area (Å²) >= 11 is 0. The van der Waals surface area contributed by atoms with E-state index in [1.807, 2.05) is 25.2 Å². The highest BCUT2D eigenvalue weighted by Crippen LogP contribution is 2.40. The molecular weight excluding hydrogens is 384 g/mol. The van der Waals surface area contributed by atoms with Crippen molar-refractivity contribution in [2.24, 2.45) is 5.16 Å². The molecule has 0 saturated carbocycles. The van der Waals surface area contributed by atoms with Gasteiger partial charge in [-0.3, -0.25) is 0 Å². The van der Waals surface area contributed by atoms with Gasteiger partial charge < -0.3 is 14.6 Å². The molecule has 2 aromatic carbocycles. The third-order valence-electron chi connectivity index (χ3n) is 6.85. The Morgan fingerprint density at radius 1 is 1.03 bits per heavy atom. The molecule has 0 amide bonds. The molecule has 3 aliphatic heterocycles. The van der Waals surface area contributed by atoms with Gasteiger partial charge in [-0.15, -0.1) is 0 Å². The number of benzene rings is 2. The quantitative estimate of drug-likeness (QED) is 0.737. The summed E-state index contributed by atoms with van der Waals surface area (Å²) in [5.74, 6) is 0.539. The van der Waals surface area contributed by atoms with Gasteiger partial charge in [0.2, 0.25) is 0 Å². The molecule has 0 bridgehead atoms. The predicted octanol–water partition coefficient (Wildman–Crippen LogP) is 4.31. The number of oxime groups is 1. The third-order valence-corrected chi connectivity index (χ3v) is 6.85. The van der Waals surface area contributed by atoms with Gasteiger partial charge in [-0.05, 0) is 55.1 Å². The zero-order valence-electron chi connectivity index (χ0n) is 17.2. The number of likely N-dealkylation sites (tertiary alicyclic amines) is 1. The number of nitrogens with zero attached hydrogens (tertiary/aromatic N) is 3. The van der Waals surface area contributed by atoms with Crippen LogP contribution in [0.3, 0.4) is 0 Å². The standard InChI is InChI=1S/C24H27F2N3O/c1-28-14-11-24(26,12-15-28)21-16-22(27-30-21)29-13-10-17-4-2-3-5-20(17)23(29)18-6-8-19(25)9-7-18/h2-9,21,23H,10-16H2,1H3/t21?,23-/m0/s1. The molecule has 158 valence electrons. The summed E-state index contributed by atoms with van der Waals surface area (Å²) in [6.45, 7) is 2.25. The Hall–Kier alpha value is -2.47. The molecule has 2 atom stereocenters. The Morgan fingerprint density at radius 3 is 2.53 bits per heavy atom. The van der Waals surface area contributed by atoms with E-state index >= 15 is 4.39 Å². The fourth-order valence-corrected chi connectivity index (χ4v) is 4.97. The number of hydrogen-bond donors (Lipinski definition) is 0. The van der Waals surface area contributed by atoms with Gasteiger partial charge in [-0.2, -0.15) is 0 Å². The van der Waals surface area contributed by atoms with Crippen LogP contribution in [-0.4, -0.2) is 54.1 Å². The third kappa shape index (κ3) is 3.47. The summed E-state index contributed by atoms with van der Waals surface area (Å²) in [5, 5.41) is 4.36. The van der Waals surface area contributed by atoms with Crippen molar-refractivity contribution in [1.29, 1.82) is 0 Å². The Bertz CT molecular complexity index is 938. The number of piperidine rings is 1. The smallest absolute Gasteiger partial charge is 0.168 e. The highest BCUT2D eigenvalue weighted by atomic mass is 19.1. The first kappa shape index (κ1) is 19.5. The molecule has 6 heteroatoms. The topological polar surface area (TPSA) is 28.1 Å². The van der Waals surface area contributed by atoms with Crippen LogP contribution >= 0.6 is 0 Å². The van der Waals surface area contributed by atoms with Crippen LogP contribution in [0, 0.1) is 5.82 Å². The summed E-state index contributed by atoms with van der Waals surface area (Å²) in [7, 11) is 2.02. The van der Waals surface area contributed by atoms with E-state index < -0.39 is 11.8 Å². The minimum absolute atomic E-state index is 0.0790. The maximum absolute atomic E-state index is 15.6. The number of fused-ring (bicyclic) bond motifs is 1. The van der Waals surface area contributed by atoms with E-state index in [-0.39, 0.29) is 11.9 Å². The average Bonchev–Trinajstić information content (AvgIpc) is 3.27. The normalized spacial score (nSPS) is 26.1. The first-order valence-electron chi connectivity index (χ1n) is 10.7. The Balaban J connectivity index is 1.42. The fourth-order valence-electron chi connectivity index (χ4n) is 4.97. The lowest BCUT2D eigenvalue weighted by molar-refractivity contribution is -0.0704. The minimum Gasteiger partial charge on any atom is -0.387 e. The average molecular weight is 411 g/mol. The van der Waals surface area contributed by atoms with Crippen molar-refractivity contribution in [2.75, 3.05) is 26.7 Å². The van der Waals surface area contributed by atoms with Gasteiger partial charge in [-0.1, -0.05) is 41.6 Å². The van der Waals surface area contributed by atoms with Crippen LogP contribution in [0.1, 0.15) is 42.0 Å². The van der Waals surface area contributed by atoms with Crippen LogP contribution in [0.2, 0.25) is 0 Å². The van der Waals surface area contributed by atoms with E-state index in [1.54, 1.807) is 0 Å². The second-order valence-corrected chi connectivity index (χ2v) is 8.74. The zero-order valence-corrected chi connectivity index (χ0v) is 17.2. The van der Waals surface area contributed by atoms with Crippen molar-refractivity contribution in [2.45, 2.75) is 43.5 Å². The van der Waals surface area contributed by atoms with Gasteiger partial charge in [0, 0.05) is 19.6 Å². The fraction of sp³-hybridized carbons (Fsp3) is 0.458. The number of rotatable bonds is 2. The molecule has 0 aliphatic carbocycles. The molecule has 3 aliphatic rings. The summed E-state index contributed by atoms with van der Waals surface area (Å²) < 4.78 is 29.2. The van der Waals surface area contributed by atoms with Crippen LogP contribution in [0.5, 0.6) is 0 Å². The van der Waals surface area contributed by atoms with Gasteiger partial charge in [0.05, 0.1) is 12.5 Å². The molecule has 5 rings (SSSR count). The molecule has 1 saturated heterocycles. The van der Waals surface area contributed by atoms with Crippen molar-refractivity contribution >= 4 is 5.84 Å². The molecule has 0 N–H and O–H groups in total. The second kappa shape index (κ2) is 7.65. The monoisotopic (exact) mass is 411 g/mol. The largest absolute Gasteiger partial charge is 0.387 e. The van der Waals surface area contributed by atoms with Gasteiger partial charge in [0.25, 0.3) is 0 Å². The van der Waals surface area contributed by atoms with Gasteiger partial charge >= 0.3 is 0 Å². The van der Waals surface area contributed by atoms with E-state index in [4.69, 9.17) is 4.84 Å². The van der Waals surface area contributed by atoms with E-state index in [9.17, 15) is 4.39 Å². The first-order valence-corrected chi connectivity index (χ1v) is 10.7. The van der Waals surface area contributed by atoms with E-state index in [1.165, 1.54) is 23.3 Å². The summed E-state index contributed by atoms with van der Waals surface area (Å²) in [5.41, 5.74) is 2.15. The lowest BCUT2D eigenvalue weighted by Crippen LogP contribution is -2.48. The molecule has 2 aromatic rings. The summed E-state index contributed by atoms with van der Waals surface area (Å²) in [6.07, 6.45) is 1.78. The molecular formula is C24H27F2N3O. The van der Waals surface area contributed by atoms with Crippen molar-refractivity contribution in [3.8, 4) is 0 Å². The highest BCUT2D eigenvalue weighted by molar-refractivity contribution is 5.84. The van der Waals surface area contributed by atoms with E-state index in [0.29, 0.717) is 19.3 Å². The Labute approximate surface area is 176 Å². The highest BCUT2D eigenvalue weighted by Gasteiger charge is 2.47. The van der Waals surface area contributed by atoms with Gasteiger partial charge in [-0.25, -0.2) is 8.78 Å². The van der Waals surface area contributed by atoms with Crippen LogP contribution in [0.4, 0.5) is 8.78 Å².